The molecule has 9 heteroatoms. The number of likely N-dealkylation sites (N-methyl/N-ethyl adjacent to an activating group) is 1. The van der Waals surface area contributed by atoms with Crippen LogP contribution >= 0.6 is 0 Å². The van der Waals surface area contributed by atoms with Crippen molar-refractivity contribution in [2.24, 2.45) is 0 Å². The van der Waals surface area contributed by atoms with E-state index in [2.05, 4.69) is 31.1 Å². The molecule has 1 amide bonds. The summed E-state index contributed by atoms with van der Waals surface area (Å²) in [6, 6.07) is 13.7. The van der Waals surface area contributed by atoms with Gasteiger partial charge in [-0.15, -0.1) is 0 Å². The van der Waals surface area contributed by atoms with Gasteiger partial charge in [0.2, 0.25) is 11.8 Å². The summed E-state index contributed by atoms with van der Waals surface area (Å²) >= 11 is 0. The van der Waals surface area contributed by atoms with Gasteiger partial charge in [-0.25, -0.2) is 4.98 Å². The number of nitrogens with zero attached hydrogens (tertiary/aromatic N) is 5. The average molecular weight is 459 g/mol. The van der Waals surface area contributed by atoms with Gasteiger partial charge in [0, 0.05) is 74.4 Å². The lowest BCUT2D eigenvalue weighted by molar-refractivity contribution is -0.134. The SMILES string of the molecule is CN(C(=O)CO)[C@H]1CCN(Cc2cnc3cc(Oc4ccc(-c5ccn[nH]5)cn4)ccc3c2)C1. The Balaban J connectivity index is 1.23. The van der Waals surface area contributed by atoms with Crippen molar-refractivity contribution in [1.29, 1.82) is 0 Å². The Labute approximate surface area is 197 Å². The molecule has 0 spiro atoms. The van der Waals surface area contributed by atoms with Gasteiger partial charge < -0.3 is 14.7 Å². The molecule has 174 valence electrons. The van der Waals surface area contributed by atoms with Crippen LogP contribution in [0.2, 0.25) is 0 Å². The number of H-pyrrole nitrogens is 1. The van der Waals surface area contributed by atoms with Gasteiger partial charge in [0.1, 0.15) is 12.4 Å². The minimum atomic E-state index is -0.445. The summed E-state index contributed by atoms with van der Waals surface area (Å²) < 4.78 is 5.92. The van der Waals surface area contributed by atoms with Crippen LogP contribution in [0.5, 0.6) is 11.6 Å². The van der Waals surface area contributed by atoms with Crippen LogP contribution in [0, 0.1) is 0 Å². The van der Waals surface area contributed by atoms with Crippen molar-refractivity contribution in [3.63, 3.8) is 0 Å². The molecule has 1 aliphatic heterocycles. The van der Waals surface area contributed by atoms with E-state index < -0.39 is 6.61 Å². The number of aromatic nitrogens is 4. The lowest BCUT2D eigenvalue weighted by Crippen LogP contribution is -2.40. The third-order valence-corrected chi connectivity index (χ3v) is 6.21. The van der Waals surface area contributed by atoms with Gasteiger partial charge in [-0.2, -0.15) is 5.10 Å². The predicted molar refractivity (Wildman–Crippen MR) is 127 cm³/mol. The fourth-order valence-electron chi connectivity index (χ4n) is 4.28. The van der Waals surface area contributed by atoms with E-state index in [0.29, 0.717) is 11.6 Å². The minimum absolute atomic E-state index is 0.134. The van der Waals surface area contributed by atoms with Crippen molar-refractivity contribution in [1.82, 2.24) is 30.0 Å². The Bertz CT molecular complexity index is 1280. The molecule has 34 heavy (non-hydrogen) atoms. The highest BCUT2D eigenvalue weighted by atomic mass is 16.5. The van der Waals surface area contributed by atoms with Gasteiger partial charge in [0.25, 0.3) is 0 Å². The van der Waals surface area contributed by atoms with Crippen LogP contribution in [0.1, 0.15) is 12.0 Å². The summed E-state index contributed by atoms with van der Waals surface area (Å²) in [6.07, 6.45) is 6.24. The predicted octanol–water partition coefficient (Wildman–Crippen LogP) is 2.84. The first kappa shape index (κ1) is 22.0. The maximum absolute atomic E-state index is 11.7. The van der Waals surface area contributed by atoms with Crippen molar-refractivity contribution >= 4 is 16.8 Å². The Hall–Kier alpha value is -3.82. The van der Waals surface area contributed by atoms with Gasteiger partial charge >= 0.3 is 0 Å². The van der Waals surface area contributed by atoms with Crippen LogP contribution in [0.3, 0.4) is 0 Å². The fourth-order valence-corrected chi connectivity index (χ4v) is 4.28. The van der Waals surface area contributed by atoms with Crippen molar-refractivity contribution < 1.29 is 14.6 Å². The maximum atomic E-state index is 11.7. The molecule has 0 bridgehead atoms. The number of ether oxygens (including phenoxy) is 1. The van der Waals surface area contributed by atoms with Crippen LogP contribution in [0.4, 0.5) is 0 Å². The summed E-state index contributed by atoms with van der Waals surface area (Å²) in [5.41, 5.74) is 3.81. The van der Waals surface area contributed by atoms with Gasteiger partial charge in [0.15, 0.2) is 0 Å². The van der Waals surface area contributed by atoms with Crippen molar-refractivity contribution in [3.8, 4) is 22.9 Å². The number of hydrogen-bond donors (Lipinski definition) is 2. The van der Waals surface area contributed by atoms with Crippen molar-refractivity contribution in [2.75, 3.05) is 26.7 Å². The molecule has 0 saturated carbocycles. The number of rotatable bonds is 7. The third kappa shape index (κ3) is 4.75. The molecule has 2 N–H and O–H groups in total. The average Bonchev–Trinajstić information content (AvgIpc) is 3.56. The van der Waals surface area contributed by atoms with E-state index >= 15 is 0 Å². The van der Waals surface area contributed by atoms with E-state index in [-0.39, 0.29) is 11.9 Å². The molecule has 0 aliphatic carbocycles. The van der Waals surface area contributed by atoms with E-state index in [0.717, 1.165) is 53.8 Å². The molecule has 1 atom stereocenters. The van der Waals surface area contributed by atoms with E-state index in [4.69, 9.17) is 9.84 Å². The standard InChI is InChI=1S/C25H26N6O3/c1-30(25(33)16-32)20-7-9-31(15-20)14-17-10-18-2-4-21(11-23(18)26-12-17)34-24-5-3-19(13-27-24)22-6-8-28-29-22/h2-6,8,10-13,20,32H,7,9,14-16H2,1H3,(H,28,29)/t20-/m0/s1. The summed E-state index contributed by atoms with van der Waals surface area (Å²) in [5.74, 6) is 0.946. The number of pyridine rings is 2. The van der Waals surface area contributed by atoms with E-state index in [1.165, 1.54) is 0 Å². The molecule has 5 rings (SSSR count). The number of carbonyl (C=O) groups excluding carboxylic acids is 1. The van der Waals surface area contributed by atoms with E-state index in [1.54, 1.807) is 24.3 Å². The van der Waals surface area contributed by atoms with Gasteiger partial charge in [0.05, 0.1) is 11.2 Å². The summed E-state index contributed by atoms with van der Waals surface area (Å²) in [5, 5.41) is 17.0. The third-order valence-electron chi connectivity index (χ3n) is 6.21. The lowest BCUT2D eigenvalue weighted by atomic mass is 10.1. The largest absolute Gasteiger partial charge is 0.439 e. The molecule has 1 aliphatic rings. The van der Waals surface area contributed by atoms with Crippen LogP contribution in [-0.4, -0.2) is 73.8 Å². The monoisotopic (exact) mass is 458 g/mol. The van der Waals surface area contributed by atoms with Crippen LogP contribution in [0.15, 0.2) is 61.1 Å². The number of benzene rings is 1. The fraction of sp³-hybridized carbons (Fsp3) is 0.280. The second-order valence-corrected chi connectivity index (χ2v) is 8.50. The quantitative estimate of drug-likeness (QED) is 0.438. The Morgan fingerprint density at radius 3 is 2.88 bits per heavy atom. The highest BCUT2D eigenvalue weighted by molar-refractivity contribution is 5.80. The number of aliphatic hydroxyl groups is 1. The first-order chi connectivity index (χ1) is 16.6. The van der Waals surface area contributed by atoms with Crippen LogP contribution < -0.4 is 4.74 Å². The molecular formula is C25H26N6O3. The van der Waals surface area contributed by atoms with Gasteiger partial charge in [-0.05, 0) is 42.3 Å². The summed E-state index contributed by atoms with van der Waals surface area (Å²) in [7, 11) is 1.76. The molecule has 3 aromatic heterocycles. The molecule has 0 unspecified atom stereocenters. The molecule has 1 aromatic carbocycles. The number of carbonyl (C=O) groups is 1. The number of aromatic amines is 1. The number of amides is 1. The van der Waals surface area contributed by atoms with Crippen molar-refractivity contribution in [2.45, 2.75) is 19.0 Å². The zero-order valence-corrected chi connectivity index (χ0v) is 18.9. The molecule has 1 saturated heterocycles. The topological polar surface area (TPSA) is 107 Å². The summed E-state index contributed by atoms with van der Waals surface area (Å²) in [6.45, 7) is 2.02. The minimum Gasteiger partial charge on any atom is -0.439 e. The Kier molecular flexibility index (Phi) is 6.20. The Morgan fingerprint density at radius 2 is 2.12 bits per heavy atom. The van der Waals surface area contributed by atoms with Gasteiger partial charge in [-0.1, -0.05) is 0 Å². The smallest absolute Gasteiger partial charge is 0.248 e. The van der Waals surface area contributed by atoms with Gasteiger partial charge in [-0.3, -0.25) is 19.8 Å². The lowest BCUT2D eigenvalue weighted by Gasteiger charge is -2.24. The Morgan fingerprint density at radius 1 is 1.21 bits per heavy atom. The first-order valence-corrected chi connectivity index (χ1v) is 11.2. The molecule has 1 fully saturated rings. The molecule has 9 nitrogen and oxygen atoms in total. The van der Waals surface area contributed by atoms with Crippen LogP contribution in [-0.2, 0) is 11.3 Å². The molecule has 4 heterocycles. The first-order valence-electron chi connectivity index (χ1n) is 11.2. The number of nitrogens with one attached hydrogen (secondary N) is 1. The highest BCUT2D eigenvalue weighted by Gasteiger charge is 2.28. The molecule has 4 aromatic rings. The summed E-state index contributed by atoms with van der Waals surface area (Å²) in [4.78, 5) is 24.7. The normalized spacial score (nSPS) is 16.1. The zero-order chi connectivity index (χ0) is 23.5. The highest BCUT2D eigenvalue weighted by Crippen LogP contribution is 2.26. The van der Waals surface area contributed by atoms with E-state index in [9.17, 15) is 4.79 Å². The molecular weight excluding hydrogens is 432 g/mol. The maximum Gasteiger partial charge on any atom is 0.248 e. The number of fused-ring (bicyclic) bond motifs is 1. The number of likely N-dealkylation sites (tertiary alicyclic amines) is 1. The van der Waals surface area contributed by atoms with Crippen molar-refractivity contribution in [3.05, 3.63) is 66.6 Å². The van der Waals surface area contributed by atoms with E-state index in [1.807, 2.05) is 42.6 Å². The second-order valence-electron chi connectivity index (χ2n) is 8.50. The number of hydrogen-bond acceptors (Lipinski definition) is 7. The zero-order valence-electron chi connectivity index (χ0n) is 18.9. The number of aliphatic hydroxyl groups excluding tert-OH is 1. The molecule has 0 radical (unpaired) electrons. The van der Waals surface area contributed by atoms with Crippen LogP contribution in [0.25, 0.3) is 22.2 Å². The second kappa shape index (κ2) is 9.58.